The van der Waals surface area contributed by atoms with Gasteiger partial charge in [-0.25, -0.2) is 0 Å². The Bertz CT molecular complexity index is 1570. The zero-order chi connectivity index (χ0) is 27.0. The Labute approximate surface area is 232 Å². The number of hydrogen-bond acceptors (Lipinski definition) is 2. The summed E-state index contributed by atoms with van der Waals surface area (Å²) >= 11 is 0. The van der Waals surface area contributed by atoms with Crippen molar-refractivity contribution in [2.45, 2.75) is 38.9 Å². The Morgan fingerprint density at radius 2 is 0.744 bits per heavy atom. The van der Waals surface area contributed by atoms with Gasteiger partial charge in [-0.2, -0.15) is 0 Å². The molecule has 0 radical (unpaired) electrons. The third-order valence-electron chi connectivity index (χ3n) is 8.11. The van der Waals surface area contributed by atoms with E-state index in [9.17, 15) is 0 Å². The van der Waals surface area contributed by atoms with Crippen molar-refractivity contribution in [1.82, 2.24) is 0 Å². The van der Waals surface area contributed by atoms with Crippen molar-refractivity contribution in [3.8, 4) is 44.5 Å². The molecule has 5 aromatic carbocycles. The highest BCUT2D eigenvalue weighted by molar-refractivity contribution is 6.62. The molecular weight excluding hydrogens is 475 g/mol. The van der Waals surface area contributed by atoms with E-state index >= 15 is 0 Å². The lowest BCUT2D eigenvalue weighted by atomic mass is 9.76. The van der Waals surface area contributed by atoms with Crippen molar-refractivity contribution in [3.05, 3.63) is 127 Å². The monoisotopic (exact) mass is 508 g/mol. The Morgan fingerprint density at radius 3 is 1.28 bits per heavy atom. The third-order valence-corrected chi connectivity index (χ3v) is 8.11. The van der Waals surface area contributed by atoms with Gasteiger partial charge in [0.1, 0.15) is 0 Å². The highest BCUT2D eigenvalue weighted by atomic mass is 16.7. The molecule has 192 valence electrons. The van der Waals surface area contributed by atoms with Gasteiger partial charge in [-0.3, -0.25) is 0 Å². The molecule has 1 aliphatic rings. The van der Waals surface area contributed by atoms with Gasteiger partial charge >= 0.3 is 7.12 Å². The second-order valence-electron chi connectivity index (χ2n) is 11.3. The average Bonchev–Trinajstić information content (AvgIpc) is 3.20. The predicted molar refractivity (Wildman–Crippen MR) is 164 cm³/mol. The minimum Gasteiger partial charge on any atom is -0.399 e. The van der Waals surface area contributed by atoms with Crippen LogP contribution < -0.4 is 5.46 Å². The first-order valence-corrected chi connectivity index (χ1v) is 13.6. The fourth-order valence-corrected chi connectivity index (χ4v) is 5.09. The summed E-state index contributed by atoms with van der Waals surface area (Å²) in [5, 5.41) is 0. The van der Waals surface area contributed by atoms with E-state index in [1.807, 2.05) is 6.07 Å². The van der Waals surface area contributed by atoms with Crippen LogP contribution in [0.1, 0.15) is 27.7 Å². The van der Waals surface area contributed by atoms with Gasteiger partial charge in [0.05, 0.1) is 11.2 Å². The zero-order valence-corrected chi connectivity index (χ0v) is 23.0. The summed E-state index contributed by atoms with van der Waals surface area (Å²) in [5.41, 5.74) is 9.65. The summed E-state index contributed by atoms with van der Waals surface area (Å²) in [6, 6.07) is 45.3. The quantitative estimate of drug-likeness (QED) is 0.221. The number of rotatable bonds is 5. The van der Waals surface area contributed by atoms with Gasteiger partial charge in [0.25, 0.3) is 0 Å². The lowest BCUT2D eigenvalue weighted by molar-refractivity contribution is 0.00578. The molecule has 0 amide bonds. The third kappa shape index (κ3) is 5.08. The van der Waals surface area contributed by atoms with Crippen LogP contribution >= 0.6 is 0 Å². The first kappa shape index (κ1) is 25.4. The Morgan fingerprint density at radius 1 is 0.385 bits per heavy atom. The van der Waals surface area contributed by atoms with Crippen molar-refractivity contribution in [3.63, 3.8) is 0 Å². The largest absolute Gasteiger partial charge is 0.494 e. The van der Waals surface area contributed by atoms with E-state index in [0.717, 1.165) is 27.7 Å². The van der Waals surface area contributed by atoms with Crippen LogP contribution in [0.3, 0.4) is 0 Å². The fraction of sp³-hybridized carbons (Fsp3) is 0.167. The standard InChI is InChI=1S/C36H33BO2/c1-35(2)36(3,4)39-37(38-35)34-24-32(29-20-18-28(19-21-29)26-12-7-5-8-13-26)23-33(25-34)31-17-11-16-30(22-31)27-14-9-6-10-15-27/h5-25H,1-4H3. The van der Waals surface area contributed by atoms with Crippen molar-refractivity contribution in [1.29, 1.82) is 0 Å². The molecule has 3 heteroatoms. The lowest BCUT2D eigenvalue weighted by Gasteiger charge is -2.32. The molecule has 1 fully saturated rings. The summed E-state index contributed by atoms with van der Waals surface area (Å²) < 4.78 is 13.0. The molecule has 0 aromatic heterocycles. The molecule has 0 atom stereocenters. The van der Waals surface area contributed by atoms with Crippen molar-refractivity contribution in [2.24, 2.45) is 0 Å². The first-order valence-electron chi connectivity index (χ1n) is 13.6. The van der Waals surface area contributed by atoms with Crippen LogP contribution in [0.4, 0.5) is 0 Å². The van der Waals surface area contributed by atoms with Gasteiger partial charge in [0.15, 0.2) is 0 Å². The molecule has 0 unspecified atom stereocenters. The van der Waals surface area contributed by atoms with Gasteiger partial charge in [0, 0.05) is 0 Å². The van der Waals surface area contributed by atoms with Gasteiger partial charge in [-0.1, -0.05) is 115 Å². The fourth-order valence-electron chi connectivity index (χ4n) is 5.09. The SMILES string of the molecule is CC1(C)OB(c2cc(-c3ccc(-c4ccccc4)cc3)cc(-c3cccc(-c4ccccc4)c3)c2)OC1(C)C. The molecule has 0 spiro atoms. The molecule has 0 aliphatic carbocycles. The lowest BCUT2D eigenvalue weighted by Crippen LogP contribution is -2.41. The maximum absolute atomic E-state index is 6.48. The minimum absolute atomic E-state index is 0.404. The van der Waals surface area contributed by atoms with Crippen molar-refractivity contribution < 1.29 is 9.31 Å². The molecule has 1 heterocycles. The highest BCUT2D eigenvalue weighted by Crippen LogP contribution is 2.38. The van der Waals surface area contributed by atoms with Crippen LogP contribution in [-0.2, 0) is 9.31 Å². The van der Waals surface area contributed by atoms with Crippen LogP contribution in [0.25, 0.3) is 44.5 Å². The second-order valence-corrected chi connectivity index (χ2v) is 11.3. The first-order chi connectivity index (χ1) is 18.8. The van der Waals surface area contributed by atoms with E-state index in [4.69, 9.17) is 9.31 Å². The Hall–Kier alpha value is -3.92. The van der Waals surface area contributed by atoms with E-state index in [-0.39, 0.29) is 0 Å². The molecule has 2 nitrogen and oxygen atoms in total. The summed E-state index contributed by atoms with van der Waals surface area (Å²) in [6.07, 6.45) is 0. The predicted octanol–water partition coefficient (Wildman–Crippen LogP) is 8.65. The minimum atomic E-state index is -0.436. The van der Waals surface area contributed by atoms with E-state index < -0.39 is 18.3 Å². The number of hydrogen-bond donors (Lipinski definition) is 0. The molecule has 0 N–H and O–H groups in total. The summed E-state index contributed by atoms with van der Waals surface area (Å²) in [7, 11) is -0.436. The van der Waals surface area contributed by atoms with Gasteiger partial charge in [-0.05, 0) is 89.8 Å². The van der Waals surface area contributed by atoms with Crippen LogP contribution in [0.15, 0.2) is 127 Å². The van der Waals surface area contributed by atoms with E-state index in [0.29, 0.717) is 0 Å². The second kappa shape index (κ2) is 10.00. The van der Waals surface area contributed by atoms with E-state index in [1.165, 1.54) is 22.3 Å². The van der Waals surface area contributed by atoms with Gasteiger partial charge in [-0.15, -0.1) is 0 Å². The summed E-state index contributed by atoms with van der Waals surface area (Å²) in [4.78, 5) is 0. The van der Waals surface area contributed by atoms with Gasteiger partial charge in [0.2, 0.25) is 0 Å². The molecule has 39 heavy (non-hydrogen) atoms. The molecule has 1 aliphatic heterocycles. The molecule has 0 bridgehead atoms. The Kier molecular flexibility index (Phi) is 6.50. The Balaban J connectivity index is 1.44. The maximum atomic E-state index is 6.48. The molecule has 0 saturated carbocycles. The average molecular weight is 508 g/mol. The highest BCUT2D eigenvalue weighted by Gasteiger charge is 2.51. The van der Waals surface area contributed by atoms with Crippen LogP contribution in [-0.4, -0.2) is 18.3 Å². The normalized spacial score (nSPS) is 15.8. The molecule has 6 rings (SSSR count). The van der Waals surface area contributed by atoms with Crippen LogP contribution in [0.5, 0.6) is 0 Å². The maximum Gasteiger partial charge on any atom is 0.494 e. The van der Waals surface area contributed by atoms with Crippen LogP contribution in [0, 0.1) is 0 Å². The molecule has 1 saturated heterocycles. The van der Waals surface area contributed by atoms with E-state index in [2.05, 4.69) is 149 Å². The van der Waals surface area contributed by atoms with Crippen molar-refractivity contribution >= 4 is 12.6 Å². The number of benzene rings is 5. The molecular formula is C36H33BO2. The van der Waals surface area contributed by atoms with Crippen molar-refractivity contribution in [2.75, 3.05) is 0 Å². The van der Waals surface area contributed by atoms with Crippen LogP contribution in [0.2, 0.25) is 0 Å². The van der Waals surface area contributed by atoms with Gasteiger partial charge < -0.3 is 9.31 Å². The zero-order valence-electron chi connectivity index (χ0n) is 23.0. The van der Waals surface area contributed by atoms with E-state index in [1.54, 1.807) is 0 Å². The smallest absolute Gasteiger partial charge is 0.399 e. The topological polar surface area (TPSA) is 18.5 Å². The molecule has 5 aromatic rings. The summed E-state index contributed by atoms with van der Waals surface area (Å²) in [6.45, 7) is 8.40. The summed E-state index contributed by atoms with van der Waals surface area (Å²) in [5.74, 6) is 0.